The van der Waals surface area contributed by atoms with Crippen LogP contribution in [-0.4, -0.2) is 23.1 Å². The number of imidazole rings is 2. The van der Waals surface area contributed by atoms with Gasteiger partial charge < -0.3 is 9.47 Å². The van der Waals surface area contributed by atoms with Crippen LogP contribution in [0.2, 0.25) is 0 Å². The molecule has 0 saturated heterocycles. The molecule has 12 rings (SSSR count). The van der Waals surface area contributed by atoms with Crippen LogP contribution < -0.4 is 4.90 Å². The number of benzene rings is 8. The smallest absolute Gasteiger partial charge is 0.222 e. The molecule has 306 valence electrons. The van der Waals surface area contributed by atoms with E-state index < -0.39 is 0 Å². The maximum absolute atomic E-state index is 5.53. The Labute approximate surface area is 371 Å². The highest BCUT2D eigenvalue weighted by molar-refractivity contribution is 6.11. The number of allylic oxidation sites excluding steroid dienone is 4. The van der Waals surface area contributed by atoms with Gasteiger partial charge in [-0.3, -0.25) is 13.5 Å². The van der Waals surface area contributed by atoms with Gasteiger partial charge in [0.15, 0.2) is 5.65 Å². The fourth-order valence-corrected chi connectivity index (χ4v) is 9.84. The molecule has 6 nitrogen and oxygen atoms in total. The highest BCUT2D eigenvalue weighted by Gasteiger charge is 2.25. The van der Waals surface area contributed by atoms with Crippen molar-refractivity contribution in [1.29, 1.82) is 0 Å². The lowest BCUT2D eigenvalue weighted by Crippen LogP contribution is -2.10. The molecule has 0 aliphatic carbocycles. The van der Waals surface area contributed by atoms with E-state index in [4.69, 9.17) is 4.98 Å². The van der Waals surface area contributed by atoms with Crippen LogP contribution in [0.4, 0.5) is 17.1 Å². The van der Waals surface area contributed by atoms with E-state index in [1.54, 1.807) is 0 Å². The summed E-state index contributed by atoms with van der Waals surface area (Å²) in [6, 6.07) is 72.1. The summed E-state index contributed by atoms with van der Waals surface area (Å²) < 4.78 is 9.33. The first kappa shape index (κ1) is 37.4. The fraction of sp³-hybridized carbons (Fsp3) is 0.0517. The van der Waals surface area contributed by atoms with Gasteiger partial charge in [0.25, 0.3) is 0 Å². The molecule has 0 aliphatic rings. The first-order valence-corrected chi connectivity index (χ1v) is 22.1. The summed E-state index contributed by atoms with van der Waals surface area (Å²) in [5, 5.41) is 3.66. The van der Waals surface area contributed by atoms with Gasteiger partial charge in [-0.1, -0.05) is 128 Å². The molecule has 0 bridgehead atoms. The lowest BCUT2D eigenvalue weighted by molar-refractivity contribution is 1.09. The summed E-state index contributed by atoms with van der Waals surface area (Å²) in [6.45, 7) is 4.27. The van der Waals surface area contributed by atoms with Gasteiger partial charge in [0, 0.05) is 50.3 Å². The van der Waals surface area contributed by atoms with Crippen molar-refractivity contribution in [1.82, 2.24) is 23.1 Å². The van der Waals surface area contributed by atoms with Crippen LogP contribution in [0.1, 0.15) is 25.8 Å². The average Bonchev–Trinajstić information content (AvgIpc) is 4.07. The van der Waals surface area contributed by atoms with E-state index in [0.717, 1.165) is 79.4 Å². The monoisotopic (exact) mass is 824 g/mol. The third kappa shape index (κ3) is 5.83. The SMILES string of the molecule is C/C=C\C(=C/CC)c1ccc(N(c2ccc(-n3c4ccccc4c4ccccc43)cc2)c2ccc3c(c2)n(-c2ccccc2)c2nc4c(c5ccccc5n4-c4ccccc4)n32)cc1. The van der Waals surface area contributed by atoms with Crippen molar-refractivity contribution in [3.05, 3.63) is 224 Å². The zero-order chi connectivity index (χ0) is 42.7. The predicted octanol–water partition coefficient (Wildman–Crippen LogP) is 15.3. The number of fused-ring (bicyclic) bond motifs is 10. The third-order valence-electron chi connectivity index (χ3n) is 12.6. The van der Waals surface area contributed by atoms with Crippen molar-refractivity contribution >= 4 is 83.3 Å². The molecule has 0 radical (unpaired) electrons. The molecule has 0 aliphatic heterocycles. The number of rotatable bonds is 9. The fourth-order valence-electron chi connectivity index (χ4n) is 9.84. The van der Waals surface area contributed by atoms with Crippen molar-refractivity contribution in [2.24, 2.45) is 0 Å². The van der Waals surface area contributed by atoms with Gasteiger partial charge in [-0.2, -0.15) is 4.98 Å². The lowest BCUT2D eigenvalue weighted by atomic mass is 10.0. The molecule has 0 atom stereocenters. The summed E-state index contributed by atoms with van der Waals surface area (Å²) in [4.78, 5) is 7.90. The summed E-state index contributed by atoms with van der Waals surface area (Å²) in [5.41, 5.74) is 16.5. The number of hydrogen-bond donors (Lipinski definition) is 0. The van der Waals surface area contributed by atoms with Crippen molar-refractivity contribution in [2.45, 2.75) is 20.3 Å². The maximum atomic E-state index is 5.53. The topological polar surface area (TPSA) is 35.3 Å². The standard InChI is InChI=1S/C58H44N6/c1-3-17-40(18-4-2)41-29-31-44(32-30-41)60(45-33-35-46(36-34-45)61-51-26-14-11-23-48(51)49-24-12-15-27-52(49)61)47-37-38-54-55(39-47)63(43-21-9-6-10-22-43)58-59-57-56(64(54)58)50-25-13-16-28-53(50)62(57)42-19-7-5-8-20-42/h3,5-39H,4H2,1-2H3/b17-3-,40-18+. The summed E-state index contributed by atoms with van der Waals surface area (Å²) in [5.74, 6) is 0.865. The summed E-state index contributed by atoms with van der Waals surface area (Å²) >= 11 is 0. The number of aromatic nitrogens is 5. The molecule has 4 aromatic heterocycles. The maximum Gasteiger partial charge on any atom is 0.222 e. The normalized spacial score (nSPS) is 12.3. The zero-order valence-corrected chi connectivity index (χ0v) is 35.7. The molecule has 4 heterocycles. The number of para-hydroxylation sites is 5. The quantitative estimate of drug-likeness (QED) is 0.136. The molecule has 0 saturated carbocycles. The number of anilines is 3. The second kappa shape index (κ2) is 15.2. The van der Waals surface area contributed by atoms with Gasteiger partial charge in [-0.05, 0) is 122 Å². The Hall–Kier alpha value is -8.35. The zero-order valence-electron chi connectivity index (χ0n) is 35.7. The first-order valence-electron chi connectivity index (χ1n) is 22.1. The molecular formula is C58H44N6. The Balaban J connectivity index is 1.08. The minimum atomic E-state index is 0.865. The van der Waals surface area contributed by atoms with Gasteiger partial charge in [-0.25, -0.2) is 0 Å². The van der Waals surface area contributed by atoms with Gasteiger partial charge in [0.1, 0.15) is 5.52 Å². The van der Waals surface area contributed by atoms with Crippen molar-refractivity contribution in [2.75, 3.05) is 4.90 Å². The van der Waals surface area contributed by atoms with Crippen molar-refractivity contribution in [3.8, 4) is 17.1 Å². The third-order valence-corrected chi connectivity index (χ3v) is 12.6. The van der Waals surface area contributed by atoms with Crippen molar-refractivity contribution in [3.63, 3.8) is 0 Å². The van der Waals surface area contributed by atoms with E-state index in [-0.39, 0.29) is 0 Å². The largest absolute Gasteiger partial charge is 0.310 e. The van der Waals surface area contributed by atoms with E-state index in [9.17, 15) is 0 Å². The molecule has 64 heavy (non-hydrogen) atoms. The van der Waals surface area contributed by atoms with Crippen LogP contribution in [0.3, 0.4) is 0 Å². The summed E-state index contributed by atoms with van der Waals surface area (Å²) in [7, 11) is 0. The van der Waals surface area contributed by atoms with E-state index in [1.807, 2.05) is 0 Å². The Morgan fingerprint density at radius 2 is 1.00 bits per heavy atom. The van der Waals surface area contributed by atoms with Crippen LogP contribution in [0, 0.1) is 0 Å². The highest BCUT2D eigenvalue weighted by atomic mass is 15.3. The van der Waals surface area contributed by atoms with E-state index in [2.05, 4.69) is 255 Å². The highest BCUT2D eigenvalue weighted by Crippen LogP contribution is 2.42. The Morgan fingerprint density at radius 1 is 0.484 bits per heavy atom. The number of hydrogen-bond acceptors (Lipinski definition) is 2. The molecule has 0 N–H and O–H groups in total. The minimum absolute atomic E-state index is 0.865. The first-order chi connectivity index (χ1) is 31.7. The van der Waals surface area contributed by atoms with E-state index in [0.29, 0.717) is 0 Å². The molecule has 0 fully saturated rings. The molecule has 6 heteroatoms. The van der Waals surface area contributed by atoms with Crippen LogP contribution in [0.25, 0.3) is 83.3 Å². The van der Waals surface area contributed by atoms with E-state index >= 15 is 0 Å². The van der Waals surface area contributed by atoms with Crippen molar-refractivity contribution < 1.29 is 0 Å². The molecule has 12 aromatic rings. The molecule has 8 aromatic carbocycles. The van der Waals surface area contributed by atoms with Crippen LogP contribution in [-0.2, 0) is 0 Å². The van der Waals surface area contributed by atoms with Crippen LogP contribution in [0.5, 0.6) is 0 Å². The van der Waals surface area contributed by atoms with Crippen LogP contribution in [0.15, 0.2) is 218 Å². The van der Waals surface area contributed by atoms with Gasteiger partial charge in [-0.15, -0.1) is 0 Å². The lowest BCUT2D eigenvalue weighted by Gasteiger charge is -2.26. The summed E-state index contributed by atoms with van der Waals surface area (Å²) in [6.07, 6.45) is 7.56. The second-order valence-corrected chi connectivity index (χ2v) is 16.3. The molecular weight excluding hydrogens is 781 g/mol. The van der Waals surface area contributed by atoms with Gasteiger partial charge in [0.2, 0.25) is 5.78 Å². The predicted molar refractivity (Wildman–Crippen MR) is 268 cm³/mol. The molecule has 0 spiro atoms. The van der Waals surface area contributed by atoms with Crippen LogP contribution >= 0.6 is 0 Å². The van der Waals surface area contributed by atoms with Gasteiger partial charge >= 0.3 is 0 Å². The van der Waals surface area contributed by atoms with E-state index in [1.165, 1.54) is 32.9 Å². The Bertz CT molecular complexity index is 3690. The Morgan fingerprint density at radius 3 is 1.61 bits per heavy atom. The number of nitrogens with zero attached hydrogens (tertiary/aromatic N) is 6. The average molecular weight is 825 g/mol. The second-order valence-electron chi connectivity index (χ2n) is 16.3. The van der Waals surface area contributed by atoms with Gasteiger partial charge in [0.05, 0.1) is 27.6 Å². The molecule has 0 unspecified atom stereocenters. The Kier molecular flexibility index (Phi) is 8.90. The molecule has 0 amide bonds. The minimum Gasteiger partial charge on any atom is -0.310 e.